The molecule has 126 valence electrons. The van der Waals surface area contributed by atoms with E-state index >= 15 is 0 Å². The van der Waals surface area contributed by atoms with Crippen molar-refractivity contribution in [2.24, 2.45) is 0 Å². The van der Waals surface area contributed by atoms with Gasteiger partial charge in [0.05, 0.1) is 6.04 Å². The Bertz CT molecular complexity index is 691. The Balaban J connectivity index is 2.02. The molecule has 0 aromatic heterocycles. The Kier molecular flexibility index (Phi) is 5.00. The van der Waals surface area contributed by atoms with Crippen LogP contribution in [0.2, 0.25) is 0 Å². The molecule has 1 aliphatic heterocycles. The van der Waals surface area contributed by atoms with E-state index in [0.717, 1.165) is 31.4 Å². The first-order valence-electron chi connectivity index (χ1n) is 8.74. The summed E-state index contributed by atoms with van der Waals surface area (Å²) in [5.41, 5.74) is 4.86. The van der Waals surface area contributed by atoms with Gasteiger partial charge in [0.25, 0.3) is 0 Å². The molecule has 0 aliphatic carbocycles. The first-order valence-corrected chi connectivity index (χ1v) is 8.74. The summed E-state index contributed by atoms with van der Waals surface area (Å²) in [7, 11) is 0. The molecular formula is C21H25NO2. The summed E-state index contributed by atoms with van der Waals surface area (Å²) in [6.07, 6.45) is 2.67. The van der Waals surface area contributed by atoms with E-state index in [9.17, 15) is 9.90 Å². The van der Waals surface area contributed by atoms with Gasteiger partial charge in [-0.2, -0.15) is 0 Å². The quantitative estimate of drug-likeness (QED) is 0.896. The predicted molar refractivity (Wildman–Crippen MR) is 96.2 cm³/mol. The van der Waals surface area contributed by atoms with E-state index in [1.54, 1.807) is 0 Å². The van der Waals surface area contributed by atoms with Crippen molar-refractivity contribution >= 4 is 5.97 Å². The highest BCUT2D eigenvalue weighted by Gasteiger charge is 2.36. The monoisotopic (exact) mass is 323 g/mol. The molecule has 2 unspecified atom stereocenters. The topological polar surface area (TPSA) is 40.5 Å². The number of aryl methyl sites for hydroxylation is 2. The summed E-state index contributed by atoms with van der Waals surface area (Å²) in [6, 6.07) is 16.7. The normalized spacial score (nSPS) is 19.3. The molecule has 0 amide bonds. The van der Waals surface area contributed by atoms with Crippen molar-refractivity contribution in [3.63, 3.8) is 0 Å². The van der Waals surface area contributed by atoms with Gasteiger partial charge in [0.2, 0.25) is 0 Å². The van der Waals surface area contributed by atoms with Gasteiger partial charge >= 0.3 is 5.97 Å². The van der Waals surface area contributed by atoms with E-state index in [4.69, 9.17) is 0 Å². The summed E-state index contributed by atoms with van der Waals surface area (Å²) >= 11 is 0. The van der Waals surface area contributed by atoms with Crippen molar-refractivity contribution in [1.82, 2.24) is 4.90 Å². The van der Waals surface area contributed by atoms with E-state index in [1.807, 2.05) is 0 Å². The summed E-state index contributed by atoms with van der Waals surface area (Å²) in [5, 5.41) is 9.61. The minimum absolute atomic E-state index is 0.0000983. The fraction of sp³-hybridized carbons (Fsp3) is 0.381. The maximum absolute atomic E-state index is 11.7. The summed E-state index contributed by atoms with van der Waals surface area (Å²) < 4.78 is 0. The van der Waals surface area contributed by atoms with E-state index in [0.29, 0.717) is 0 Å². The second-order valence-electron chi connectivity index (χ2n) is 6.64. The zero-order valence-electron chi connectivity index (χ0n) is 14.4. The van der Waals surface area contributed by atoms with Gasteiger partial charge in [0.15, 0.2) is 0 Å². The number of hydrogen-bond acceptors (Lipinski definition) is 2. The second-order valence-corrected chi connectivity index (χ2v) is 6.64. The van der Waals surface area contributed by atoms with Crippen LogP contribution < -0.4 is 0 Å². The molecule has 1 fully saturated rings. The van der Waals surface area contributed by atoms with E-state index in [-0.39, 0.29) is 6.04 Å². The third-order valence-electron chi connectivity index (χ3n) is 5.01. The molecule has 3 nitrogen and oxygen atoms in total. The highest BCUT2D eigenvalue weighted by atomic mass is 16.4. The average Bonchev–Trinajstić information content (AvgIpc) is 3.07. The molecule has 2 aromatic rings. The smallest absolute Gasteiger partial charge is 0.320 e. The first kappa shape index (κ1) is 16.7. The average molecular weight is 323 g/mol. The zero-order valence-corrected chi connectivity index (χ0v) is 14.4. The molecule has 0 bridgehead atoms. The van der Waals surface area contributed by atoms with Gasteiger partial charge in [-0.15, -0.1) is 0 Å². The van der Waals surface area contributed by atoms with Crippen LogP contribution in [0, 0.1) is 6.92 Å². The number of hydrogen-bond donors (Lipinski definition) is 1. The lowest BCUT2D eigenvalue weighted by Gasteiger charge is -2.32. The number of carbonyl (C=O) groups is 1. The number of likely N-dealkylation sites (tertiary alicyclic amines) is 1. The third-order valence-corrected chi connectivity index (χ3v) is 5.01. The lowest BCUT2D eigenvalue weighted by atomic mass is 9.94. The molecule has 2 atom stereocenters. The molecule has 1 aliphatic rings. The Morgan fingerprint density at radius 2 is 1.71 bits per heavy atom. The maximum Gasteiger partial charge on any atom is 0.320 e. The van der Waals surface area contributed by atoms with Crippen molar-refractivity contribution in [1.29, 1.82) is 0 Å². The minimum Gasteiger partial charge on any atom is -0.480 e. The standard InChI is InChI=1S/C21H25NO2/c1-3-16-8-12-18(13-9-16)20(17-10-6-15(2)7-11-17)22-14-4-5-19(22)21(23)24/h6-13,19-20H,3-5,14H2,1-2H3,(H,23,24). The molecule has 3 heteroatoms. The molecule has 1 heterocycles. The number of aliphatic carboxylic acids is 1. The SMILES string of the molecule is CCc1ccc(C(c2ccc(C)cc2)N2CCCC2C(=O)O)cc1. The van der Waals surface area contributed by atoms with Crippen LogP contribution >= 0.6 is 0 Å². The number of nitrogens with zero attached hydrogens (tertiary/aromatic N) is 1. The van der Waals surface area contributed by atoms with Crippen LogP contribution in [0.1, 0.15) is 48.1 Å². The van der Waals surface area contributed by atoms with Crippen LogP contribution in [-0.2, 0) is 11.2 Å². The summed E-state index contributed by atoms with van der Waals surface area (Å²) in [5.74, 6) is -0.713. The van der Waals surface area contributed by atoms with E-state index in [1.165, 1.54) is 16.7 Å². The number of benzene rings is 2. The van der Waals surface area contributed by atoms with Crippen LogP contribution in [0.25, 0.3) is 0 Å². The summed E-state index contributed by atoms with van der Waals surface area (Å²) in [6.45, 7) is 5.04. The van der Waals surface area contributed by atoms with Crippen molar-refractivity contribution < 1.29 is 9.90 Å². The van der Waals surface area contributed by atoms with Crippen LogP contribution in [0.3, 0.4) is 0 Å². The Labute approximate surface area is 143 Å². The molecule has 24 heavy (non-hydrogen) atoms. The van der Waals surface area contributed by atoms with Crippen molar-refractivity contribution in [2.75, 3.05) is 6.54 Å². The fourth-order valence-electron chi connectivity index (χ4n) is 3.62. The van der Waals surface area contributed by atoms with Crippen molar-refractivity contribution in [3.05, 3.63) is 70.8 Å². The molecule has 1 N–H and O–H groups in total. The number of carboxylic acid groups (broad SMARTS) is 1. The van der Waals surface area contributed by atoms with Gasteiger partial charge in [0.1, 0.15) is 6.04 Å². The fourth-order valence-corrected chi connectivity index (χ4v) is 3.62. The second kappa shape index (κ2) is 7.18. The Morgan fingerprint density at radius 3 is 2.25 bits per heavy atom. The van der Waals surface area contributed by atoms with Crippen LogP contribution in [0.5, 0.6) is 0 Å². The van der Waals surface area contributed by atoms with Crippen molar-refractivity contribution in [2.45, 2.75) is 45.2 Å². The molecule has 2 aromatic carbocycles. The highest BCUT2D eigenvalue weighted by molar-refractivity contribution is 5.74. The van der Waals surface area contributed by atoms with Gasteiger partial charge in [-0.25, -0.2) is 0 Å². The Hall–Kier alpha value is -2.13. The molecule has 0 saturated carbocycles. The minimum atomic E-state index is -0.713. The van der Waals surface area contributed by atoms with E-state index < -0.39 is 12.0 Å². The Morgan fingerprint density at radius 1 is 1.12 bits per heavy atom. The van der Waals surface area contributed by atoms with Gasteiger partial charge in [-0.05, 0) is 42.9 Å². The summed E-state index contributed by atoms with van der Waals surface area (Å²) in [4.78, 5) is 13.8. The molecular weight excluding hydrogens is 298 g/mol. The number of rotatable bonds is 5. The van der Waals surface area contributed by atoms with Gasteiger partial charge < -0.3 is 5.11 Å². The maximum atomic E-state index is 11.7. The van der Waals surface area contributed by atoms with Gasteiger partial charge in [-0.3, -0.25) is 9.69 Å². The third kappa shape index (κ3) is 3.36. The first-order chi connectivity index (χ1) is 11.6. The molecule has 1 saturated heterocycles. The van der Waals surface area contributed by atoms with Crippen LogP contribution in [0.15, 0.2) is 48.5 Å². The lowest BCUT2D eigenvalue weighted by molar-refractivity contribution is -0.142. The van der Waals surface area contributed by atoms with Crippen LogP contribution in [0.4, 0.5) is 0 Å². The number of carboxylic acids is 1. The lowest BCUT2D eigenvalue weighted by Crippen LogP contribution is -2.39. The molecule has 0 spiro atoms. The van der Waals surface area contributed by atoms with E-state index in [2.05, 4.69) is 67.3 Å². The van der Waals surface area contributed by atoms with Crippen molar-refractivity contribution in [3.8, 4) is 0 Å². The predicted octanol–water partition coefficient (Wildman–Crippen LogP) is 4.20. The van der Waals surface area contributed by atoms with Gasteiger partial charge in [0, 0.05) is 6.54 Å². The van der Waals surface area contributed by atoms with Gasteiger partial charge in [-0.1, -0.05) is 61.0 Å². The molecule has 3 rings (SSSR count). The largest absolute Gasteiger partial charge is 0.480 e. The highest BCUT2D eigenvalue weighted by Crippen LogP contribution is 2.35. The zero-order chi connectivity index (χ0) is 17.1. The van der Waals surface area contributed by atoms with Crippen LogP contribution in [-0.4, -0.2) is 28.6 Å². The molecule has 0 radical (unpaired) electrons.